The molecule has 1 atom stereocenters. The average Bonchev–Trinajstić information content (AvgIpc) is 2.22. The number of ether oxygens (including phenoxy) is 1. The second kappa shape index (κ2) is 5.73. The van der Waals surface area contributed by atoms with Crippen LogP contribution in [0, 0.1) is 0 Å². The monoisotopic (exact) mass is 310 g/mol. The molecule has 0 spiro atoms. The molecule has 15 heavy (non-hydrogen) atoms. The first-order chi connectivity index (χ1) is 7.04. The molecule has 5 heteroatoms. The Morgan fingerprint density at radius 2 is 2.20 bits per heavy atom. The number of alkyl halides is 1. The van der Waals surface area contributed by atoms with Crippen LogP contribution in [0.25, 0.3) is 0 Å². The molecule has 0 aliphatic carbocycles. The van der Waals surface area contributed by atoms with Gasteiger partial charge >= 0.3 is 5.97 Å². The van der Waals surface area contributed by atoms with Crippen molar-refractivity contribution in [3.63, 3.8) is 0 Å². The Labute approximate surface area is 107 Å². The van der Waals surface area contributed by atoms with Gasteiger partial charge in [-0.25, -0.2) is 0 Å². The molecular formula is C10H9BrCl2O2. The molecule has 82 valence electrons. The molecule has 1 aromatic rings. The predicted octanol–water partition coefficient (Wildman–Crippen LogP) is 3.47. The lowest BCUT2D eigenvalue weighted by molar-refractivity contribution is -0.139. The molecule has 0 aliphatic heterocycles. The van der Waals surface area contributed by atoms with Crippen molar-refractivity contribution >= 4 is 45.1 Å². The third-order valence-electron chi connectivity index (χ3n) is 1.86. The molecule has 1 rings (SSSR count). The molecule has 0 unspecified atom stereocenters. The van der Waals surface area contributed by atoms with Crippen LogP contribution >= 0.6 is 39.1 Å². The van der Waals surface area contributed by atoms with Crippen molar-refractivity contribution in [1.82, 2.24) is 0 Å². The van der Waals surface area contributed by atoms with Crippen LogP contribution in [0.15, 0.2) is 18.2 Å². The Morgan fingerprint density at radius 3 is 2.80 bits per heavy atom. The zero-order valence-corrected chi connectivity index (χ0v) is 11.1. The van der Waals surface area contributed by atoms with Crippen molar-refractivity contribution in [1.29, 1.82) is 0 Å². The standard InChI is InChI=1S/C10H9BrCl2O2/c1-15-10(14)8(11)5-6-4-7(12)2-3-9(6)13/h2-4,8H,5H2,1H3/t8-/m1/s1. The van der Waals surface area contributed by atoms with Crippen molar-refractivity contribution in [2.24, 2.45) is 0 Å². The molecule has 0 N–H and O–H groups in total. The summed E-state index contributed by atoms with van der Waals surface area (Å²) in [6.07, 6.45) is 0.450. The van der Waals surface area contributed by atoms with Crippen LogP contribution in [0.5, 0.6) is 0 Å². The van der Waals surface area contributed by atoms with Crippen LogP contribution in [0.2, 0.25) is 10.0 Å². The quantitative estimate of drug-likeness (QED) is 0.631. The SMILES string of the molecule is COC(=O)[C@H](Br)Cc1cc(Cl)ccc1Cl. The van der Waals surface area contributed by atoms with E-state index in [4.69, 9.17) is 23.2 Å². The lowest BCUT2D eigenvalue weighted by atomic mass is 10.1. The summed E-state index contributed by atoms with van der Waals surface area (Å²) in [6, 6.07) is 5.14. The van der Waals surface area contributed by atoms with Gasteiger partial charge in [0.1, 0.15) is 4.83 Å². The van der Waals surface area contributed by atoms with Crippen LogP contribution in [0.1, 0.15) is 5.56 Å². The lowest BCUT2D eigenvalue weighted by Crippen LogP contribution is -2.18. The molecule has 0 bridgehead atoms. The summed E-state index contributed by atoms with van der Waals surface area (Å²) in [5.41, 5.74) is 0.816. The molecule has 0 saturated carbocycles. The van der Waals surface area contributed by atoms with Crippen LogP contribution in [-0.4, -0.2) is 17.9 Å². The third kappa shape index (κ3) is 3.67. The minimum Gasteiger partial charge on any atom is -0.468 e. The van der Waals surface area contributed by atoms with E-state index in [9.17, 15) is 4.79 Å². The Kier molecular flexibility index (Phi) is 4.90. The summed E-state index contributed by atoms with van der Waals surface area (Å²) in [5.74, 6) is -0.328. The molecular weight excluding hydrogens is 303 g/mol. The van der Waals surface area contributed by atoms with Gasteiger partial charge in [-0.15, -0.1) is 0 Å². The fraction of sp³-hybridized carbons (Fsp3) is 0.300. The Balaban J connectivity index is 2.80. The summed E-state index contributed by atoms with van der Waals surface area (Å²) in [7, 11) is 1.34. The number of carbonyl (C=O) groups is 1. The third-order valence-corrected chi connectivity index (χ3v) is 3.17. The maximum absolute atomic E-state index is 11.2. The first-order valence-corrected chi connectivity index (χ1v) is 5.87. The fourth-order valence-electron chi connectivity index (χ4n) is 1.10. The summed E-state index contributed by atoms with van der Waals surface area (Å²) < 4.78 is 4.59. The van der Waals surface area contributed by atoms with Gasteiger partial charge in [-0.2, -0.15) is 0 Å². The number of hydrogen-bond acceptors (Lipinski definition) is 2. The van der Waals surface area contributed by atoms with Gasteiger partial charge in [0.15, 0.2) is 0 Å². The zero-order chi connectivity index (χ0) is 11.4. The van der Waals surface area contributed by atoms with Gasteiger partial charge < -0.3 is 4.74 Å². The summed E-state index contributed by atoms with van der Waals surface area (Å²) in [6.45, 7) is 0. The van der Waals surface area contributed by atoms with Crippen LogP contribution in [-0.2, 0) is 16.0 Å². The van der Waals surface area contributed by atoms with Gasteiger partial charge in [0, 0.05) is 10.0 Å². The number of rotatable bonds is 3. The first-order valence-electron chi connectivity index (χ1n) is 4.20. The van der Waals surface area contributed by atoms with E-state index < -0.39 is 4.83 Å². The van der Waals surface area contributed by atoms with E-state index in [1.807, 2.05) is 0 Å². The Hall–Kier alpha value is -0.250. The summed E-state index contributed by atoms with van der Waals surface area (Å²) in [5, 5.41) is 1.19. The van der Waals surface area contributed by atoms with E-state index in [0.717, 1.165) is 5.56 Å². The summed E-state index contributed by atoms with van der Waals surface area (Å²) in [4.78, 5) is 10.8. The van der Waals surface area contributed by atoms with E-state index in [0.29, 0.717) is 16.5 Å². The van der Waals surface area contributed by atoms with Gasteiger partial charge in [0.25, 0.3) is 0 Å². The number of benzene rings is 1. The van der Waals surface area contributed by atoms with Gasteiger partial charge in [-0.1, -0.05) is 39.1 Å². The van der Waals surface area contributed by atoms with E-state index in [1.165, 1.54) is 7.11 Å². The molecule has 0 aromatic heterocycles. The van der Waals surface area contributed by atoms with Crippen molar-refractivity contribution < 1.29 is 9.53 Å². The Bertz CT molecular complexity index is 368. The van der Waals surface area contributed by atoms with Crippen LogP contribution in [0.3, 0.4) is 0 Å². The fourth-order valence-corrected chi connectivity index (χ4v) is 2.03. The molecule has 2 nitrogen and oxygen atoms in total. The normalized spacial score (nSPS) is 12.3. The number of halogens is 3. The van der Waals surface area contributed by atoms with E-state index in [2.05, 4.69) is 20.7 Å². The molecule has 0 fully saturated rings. The lowest BCUT2D eigenvalue weighted by Gasteiger charge is -2.09. The van der Waals surface area contributed by atoms with Gasteiger partial charge in [0.2, 0.25) is 0 Å². The van der Waals surface area contributed by atoms with E-state index >= 15 is 0 Å². The first kappa shape index (κ1) is 12.8. The number of methoxy groups -OCH3 is 1. The maximum Gasteiger partial charge on any atom is 0.319 e. The number of carbonyl (C=O) groups excluding carboxylic acids is 1. The average molecular weight is 312 g/mol. The molecule has 1 aromatic carbocycles. The smallest absolute Gasteiger partial charge is 0.319 e. The second-order valence-electron chi connectivity index (χ2n) is 2.93. The molecule has 0 heterocycles. The molecule has 0 aliphatic rings. The highest BCUT2D eigenvalue weighted by Gasteiger charge is 2.17. The zero-order valence-electron chi connectivity index (χ0n) is 7.97. The van der Waals surface area contributed by atoms with Crippen LogP contribution in [0.4, 0.5) is 0 Å². The molecule has 0 radical (unpaired) electrons. The van der Waals surface area contributed by atoms with Crippen molar-refractivity contribution in [3.8, 4) is 0 Å². The summed E-state index contributed by atoms with van der Waals surface area (Å²) >= 11 is 15.0. The molecule has 0 saturated heterocycles. The highest BCUT2D eigenvalue weighted by Crippen LogP contribution is 2.23. The Morgan fingerprint density at radius 1 is 1.53 bits per heavy atom. The minimum absolute atomic E-state index is 0.328. The molecule has 0 amide bonds. The maximum atomic E-state index is 11.2. The number of esters is 1. The van der Waals surface area contributed by atoms with Gasteiger partial charge in [-0.05, 0) is 30.2 Å². The highest BCUT2D eigenvalue weighted by molar-refractivity contribution is 9.10. The highest BCUT2D eigenvalue weighted by atomic mass is 79.9. The topological polar surface area (TPSA) is 26.3 Å². The van der Waals surface area contributed by atoms with E-state index in [-0.39, 0.29) is 5.97 Å². The van der Waals surface area contributed by atoms with Crippen LogP contribution < -0.4 is 0 Å². The second-order valence-corrected chi connectivity index (χ2v) is 4.88. The van der Waals surface area contributed by atoms with Crippen molar-refractivity contribution in [2.75, 3.05) is 7.11 Å². The van der Waals surface area contributed by atoms with E-state index in [1.54, 1.807) is 18.2 Å². The predicted molar refractivity (Wildman–Crippen MR) is 64.9 cm³/mol. The van der Waals surface area contributed by atoms with Crippen molar-refractivity contribution in [3.05, 3.63) is 33.8 Å². The van der Waals surface area contributed by atoms with Crippen molar-refractivity contribution in [2.45, 2.75) is 11.2 Å². The number of hydrogen-bond donors (Lipinski definition) is 0. The van der Waals surface area contributed by atoms with Gasteiger partial charge in [-0.3, -0.25) is 4.79 Å². The van der Waals surface area contributed by atoms with Gasteiger partial charge in [0.05, 0.1) is 7.11 Å². The minimum atomic E-state index is -0.404. The largest absolute Gasteiger partial charge is 0.468 e.